The number of rotatable bonds is 8. The SMILES string of the molecule is CCOC(=O)C1=C(C)N=c2s/c(=C/c3c(-c4ccccc4)[nH]c4c(C)cc(C)cc34)c(=O)n2[C@H]1c1cc(OC)c(OCC)cc1Br. The molecule has 0 aliphatic carbocycles. The van der Waals surface area contributed by atoms with Crippen LogP contribution in [-0.2, 0) is 9.53 Å². The number of aromatic amines is 1. The van der Waals surface area contributed by atoms with E-state index in [9.17, 15) is 9.59 Å². The zero-order valence-electron chi connectivity index (χ0n) is 26.5. The fourth-order valence-corrected chi connectivity index (χ4v) is 7.63. The number of nitrogens with zero attached hydrogens (tertiary/aromatic N) is 2. The fourth-order valence-electron chi connectivity index (χ4n) is 6.06. The first kappa shape index (κ1) is 31.6. The molecule has 10 heteroatoms. The van der Waals surface area contributed by atoms with Crippen molar-refractivity contribution in [2.45, 2.75) is 40.7 Å². The molecule has 0 saturated heterocycles. The highest BCUT2D eigenvalue weighted by atomic mass is 79.9. The van der Waals surface area contributed by atoms with E-state index in [1.165, 1.54) is 11.3 Å². The van der Waals surface area contributed by atoms with Crippen molar-refractivity contribution in [3.8, 4) is 22.8 Å². The van der Waals surface area contributed by atoms with Gasteiger partial charge in [0.25, 0.3) is 5.56 Å². The highest BCUT2D eigenvalue weighted by molar-refractivity contribution is 9.10. The quantitative estimate of drug-likeness (QED) is 0.181. The van der Waals surface area contributed by atoms with E-state index in [1.54, 1.807) is 37.7 Å². The minimum absolute atomic E-state index is 0.183. The summed E-state index contributed by atoms with van der Waals surface area (Å²) in [6.07, 6.45) is 1.94. The summed E-state index contributed by atoms with van der Waals surface area (Å²) in [5.41, 5.74) is 7.28. The number of esters is 1. The summed E-state index contributed by atoms with van der Waals surface area (Å²) in [5.74, 6) is 0.499. The molecule has 0 fully saturated rings. The molecule has 1 N–H and O–H groups in total. The van der Waals surface area contributed by atoms with Crippen LogP contribution in [-0.4, -0.2) is 35.8 Å². The van der Waals surface area contributed by atoms with Crippen LogP contribution in [0.2, 0.25) is 0 Å². The first-order chi connectivity index (χ1) is 22.2. The first-order valence-corrected chi connectivity index (χ1v) is 16.7. The predicted octanol–water partition coefficient (Wildman–Crippen LogP) is 6.73. The van der Waals surface area contributed by atoms with E-state index >= 15 is 0 Å². The van der Waals surface area contributed by atoms with Crippen molar-refractivity contribution in [2.24, 2.45) is 4.99 Å². The molecule has 5 aromatic rings. The molecule has 0 radical (unpaired) electrons. The Morgan fingerprint density at radius 2 is 1.83 bits per heavy atom. The van der Waals surface area contributed by atoms with Gasteiger partial charge in [0, 0.05) is 20.9 Å². The van der Waals surface area contributed by atoms with Gasteiger partial charge in [0.05, 0.1) is 47.9 Å². The molecule has 3 heterocycles. The van der Waals surface area contributed by atoms with Gasteiger partial charge in [0.15, 0.2) is 16.3 Å². The number of thiazole rings is 1. The summed E-state index contributed by atoms with van der Waals surface area (Å²) < 4.78 is 19.7. The number of aromatic nitrogens is 2. The summed E-state index contributed by atoms with van der Waals surface area (Å²) in [7, 11) is 1.56. The fraction of sp³-hybridized carbons (Fsp3) is 0.250. The van der Waals surface area contributed by atoms with Gasteiger partial charge in [-0.2, -0.15) is 0 Å². The molecule has 46 heavy (non-hydrogen) atoms. The van der Waals surface area contributed by atoms with Crippen molar-refractivity contribution < 1.29 is 19.0 Å². The molecule has 0 saturated carbocycles. The van der Waals surface area contributed by atoms with Gasteiger partial charge in [-0.25, -0.2) is 9.79 Å². The molecule has 236 valence electrons. The molecule has 1 aliphatic rings. The highest BCUT2D eigenvalue weighted by Crippen LogP contribution is 2.41. The summed E-state index contributed by atoms with van der Waals surface area (Å²) in [6.45, 7) is 10.2. The Morgan fingerprint density at radius 3 is 2.52 bits per heavy atom. The van der Waals surface area contributed by atoms with Gasteiger partial charge < -0.3 is 19.2 Å². The summed E-state index contributed by atoms with van der Waals surface area (Å²) in [4.78, 5) is 36.9. The molecular formula is C36H34BrN3O5S. The van der Waals surface area contributed by atoms with Crippen LogP contribution >= 0.6 is 27.3 Å². The summed E-state index contributed by atoms with van der Waals surface area (Å²) in [5, 5.41) is 1.03. The van der Waals surface area contributed by atoms with Gasteiger partial charge in [0.1, 0.15) is 0 Å². The number of nitrogens with one attached hydrogen (secondary N) is 1. The van der Waals surface area contributed by atoms with E-state index in [0.717, 1.165) is 38.9 Å². The highest BCUT2D eigenvalue weighted by Gasteiger charge is 2.35. The first-order valence-electron chi connectivity index (χ1n) is 15.0. The molecule has 2 aromatic heterocycles. The zero-order chi connectivity index (χ0) is 32.7. The number of benzene rings is 3. The molecule has 0 bridgehead atoms. The Kier molecular flexibility index (Phi) is 8.76. The Hall–Kier alpha value is -4.41. The van der Waals surface area contributed by atoms with Gasteiger partial charge in [-0.15, -0.1) is 0 Å². The standard InChI is InChI=1S/C36H34BrN3O5S/c1-7-44-28-18-26(37)25(16-27(28)43-6)33-30(35(42)45-8-2)21(5)38-36-40(33)34(41)29(46-36)17-24-23-15-19(3)14-20(4)31(23)39-32(24)22-12-10-9-11-13-22/h9-18,33,39H,7-8H2,1-6H3/b29-17+/t33-/m0/s1. The third-order valence-electron chi connectivity index (χ3n) is 8.02. The number of halogens is 1. The predicted molar refractivity (Wildman–Crippen MR) is 185 cm³/mol. The van der Waals surface area contributed by atoms with Crippen LogP contribution in [0.1, 0.15) is 49.1 Å². The van der Waals surface area contributed by atoms with E-state index in [0.29, 0.717) is 43.2 Å². The number of carbonyl (C=O) groups excluding carboxylic acids is 1. The van der Waals surface area contributed by atoms with Crippen molar-refractivity contribution in [1.29, 1.82) is 0 Å². The van der Waals surface area contributed by atoms with Gasteiger partial charge in [-0.3, -0.25) is 9.36 Å². The number of hydrogen-bond donors (Lipinski definition) is 1. The van der Waals surface area contributed by atoms with Crippen molar-refractivity contribution in [3.05, 3.63) is 112 Å². The number of fused-ring (bicyclic) bond motifs is 2. The van der Waals surface area contributed by atoms with Gasteiger partial charge in [-0.05, 0) is 75.6 Å². The van der Waals surface area contributed by atoms with Gasteiger partial charge >= 0.3 is 5.97 Å². The third kappa shape index (κ3) is 5.49. The van der Waals surface area contributed by atoms with Crippen LogP contribution in [0.3, 0.4) is 0 Å². The van der Waals surface area contributed by atoms with Crippen molar-refractivity contribution in [3.63, 3.8) is 0 Å². The minimum atomic E-state index is -0.822. The maximum atomic E-state index is 14.5. The van der Waals surface area contributed by atoms with Crippen LogP contribution in [0, 0.1) is 13.8 Å². The maximum absolute atomic E-state index is 14.5. The molecule has 8 nitrogen and oxygen atoms in total. The van der Waals surface area contributed by atoms with Crippen LogP contribution in [0.5, 0.6) is 11.5 Å². The lowest BCUT2D eigenvalue weighted by Gasteiger charge is -2.26. The van der Waals surface area contributed by atoms with Crippen LogP contribution in [0.4, 0.5) is 0 Å². The average molecular weight is 701 g/mol. The topological polar surface area (TPSA) is 94.9 Å². The molecule has 1 aliphatic heterocycles. The monoisotopic (exact) mass is 699 g/mol. The van der Waals surface area contributed by atoms with Gasteiger partial charge in [-0.1, -0.05) is 69.2 Å². The van der Waals surface area contributed by atoms with E-state index in [4.69, 9.17) is 19.2 Å². The Labute approximate surface area is 278 Å². The molecule has 0 unspecified atom stereocenters. The molecular weight excluding hydrogens is 666 g/mol. The second kappa shape index (κ2) is 12.8. The van der Waals surface area contributed by atoms with E-state index in [1.807, 2.05) is 31.2 Å². The smallest absolute Gasteiger partial charge is 0.338 e. The number of H-pyrrole nitrogens is 1. The molecule has 1 atom stereocenters. The molecule has 6 rings (SSSR count). The second-order valence-corrected chi connectivity index (χ2v) is 12.9. The lowest BCUT2D eigenvalue weighted by Crippen LogP contribution is -2.40. The maximum Gasteiger partial charge on any atom is 0.338 e. The molecule has 0 amide bonds. The van der Waals surface area contributed by atoms with E-state index < -0.39 is 12.0 Å². The third-order valence-corrected chi connectivity index (χ3v) is 9.69. The van der Waals surface area contributed by atoms with Crippen LogP contribution in [0.25, 0.3) is 28.2 Å². The van der Waals surface area contributed by atoms with Gasteiger partial charge in [0.2, 0.25) is 0 Å². The van der Waals surface area contributed by atoms with Crippen molar-refractivity contribution in [1.82, 2.24) is 9.55 Å². The number of carbonyl (C=O) groups is 1. The minimum Gasteiger partial charge on any atom is -0.493 e. The van der Waals surface area contributed by atoms with E-state index in [-0.39, 0.29) is 17.7 Å². The number of hydrogen-bond acceptors (Lipinski definition) is 7. The normalized spacial score (nSPS) is 14.8. The molecule has 3 aromatic carbocycles. The number of aryl methyl sites for hydroxylation is 2. The van der Waals surface area contributed by atoms with Crippen molar-refractivity contribution >= 4 is 50.2 Å². The zero-order valence-corrected chi connectivity index (χ0v) is 28.9. The van der Waals surface area contributed by atoms with Crippen LogP contribution in [0.15, 0.2) is 80.1 Å². The Morgan fingerprint density at radius 1 is 1.07 bits per heavy atom. The number of ether oxygens (including phenoxy) is 3. The molecule has 0 spiro atoms. The second-order valence-electron chi connectivity index (χ2n) is 11.0. The summed E-state index contributed by atoms with van der Waals surface area (Å²) >= 11 is 4.99. The Balaban J connectivity index is 1.64. The largest absolute Gasteiger partial charge is 0.493 e. The lowest BCUT2D eigenvalue weighted by molar-refractivity contribution is -0.139. The lowest BCUT2D eigenvalue weighted by atomic mass is 9.95. The summed E-state index contributed by atoms with van der Waals surface area (Å²) in [6, 6.07) is 17.2. The Bertz CT molecular complexity index is 2210. The van der Waals surface area contributed by atoms with Crippen LogP contribution < -0.4 is 24.4 Å². The van der Waals surface area contributed by atoms with E-state index in [2.05, 4.69) is 59.0 Å². The number of allylic oxidation sites excluding steroid dienone is 1. The average Bonchev–Trinajstić information content (AvgIpc) is 3.54. The van der Waals surface area contributed by atoms with Crippen molar-refractivity contribution in [2.75, 3.05) is 20.3 Å². The number of methoxy groups -OCH3 is 1.